The van der Waals surface area contributed by atoms with Crippen LogP contribution in [0.15, 0.2) is 18.2 Å². The van der Waals surface area contributed by atoms with Gasteiger partial charge < -0.3 is 5.32 Å². The van der Waals surface area contributed by atoms with E-state index in [1.807, 2.05) is 6.92 Å². The van der Waals surface area contributed by atoms with E-state index in [1.54, 1.807) is 12.1 Å². The van der Waals surface area contributed by atoms with Crippen LogP contribution in [0.3, 0.4) is 0 Å². The fourth-order valence-corrected chi connectivity index (χ4v) is 2.12. The molecule has 86 valence electrons. The van der Waals surface area contributed by atoms with Crippen molar-refractivity contribution in [2.75, 3.05) is 13.1 Å². The first-order chi connectivity index (χ1) is 7.68. The molecule has 0 radical (unpaired) electrons. The van der Waals surface area contributed by atoms with Gasteiger partial charge in [-0.25, -0.2) is 4.39 Å². The van der Waals surface area contributed by atoms with Gasteiger partial charge in [-0.3, -0.25) is 4.79 Å². The first kappa shape index (κ1) is 11.3. The minimum atomic E-state index is -0.393. The number of rotatable bonds is 2. The van der Waals surface area contributed by atoms with E-state index in [0.29, 0.717) is 6.54 Å². The topological polar surface area (TPSA) is 29.1 Å². The van der Waals surface area contributed by atoms with Gasteiger partial charge in [0.15, 0.2) is 5.78 Å². The number of ketones is 1. The highest BCUT2D eigenvalue weighted by molar-refractivity contribution is 5.98. The summed E-state index contributed by atoms with van der Waals surface area (Å²) in [7, 11) is 0. The molecule has 0 saturated carbocycles. The lowest BCUT2D eigenvalue weighted by molar-refractivity contribution is 0.0895. The Balaban J connectivity index is 2.19. The van der Waals surface area contributed by atoms with Crippen LogP contribution in [0, 0.1) is 18.7 Å². The summed E-state index contributed by atoms with van der Waals surface area (Å²) < 4.78 is 13.6. The van der Waals surface area contributed by atoms with Crippen LogP contribution in [0.2, 0.25) is 0 Å². The van der Waals surface area contributed by atoms with Gasteiger partial charge in [0, 0.05) is 12.5 Å². The highest BCUT2D eigenvalue weighted by Gasteiger charge is 2.24. The molecule has 0 bridgehead atoms. The predicted molar refractivity (Wildman–Crippen MR) is 61.1 cm³/mol. The Morgan fingerprint density at radius 3 is 2.94 bits per heavy atom. The lowest BCUT2D eigenvalue weighted by Crippen LogP contribution is -2.34. The van der Waals surface area contributed by atoms with Crippen LogP contribution >= 0.6 is 0 Å². The van der Waals surface area contributed by atoms with Gasteiger partial charge in [0.2, 0.25) is 0 Å². The molecule has 1 N–H and O–H groups in total. The van der Waals surface area contributed by atoms with Gasteiger partial charge in [0.1, 0.15) is 5.82 Å². The van der Waals surface area contributed by atoms with E-state index >= 15 is 0 Å². The van der Waals surface area contributed by atoms with Crippen molar-refractivity contribution in [2.24, 2.45) is 5.92 Å². The summed E-state index contributed by atoms with van der Waals surface area (Å²) in [6, 6.07) is 4.80. The molecule has 1 aromatic rings. The Morgan fingerprint density at radius 1 is 1.50 bits per heavy atom. The molecule has 1 unspecified atom stereocenters. The fourth-order valence-electron chi connectivity index (χ4n) is 2.12. The summed E-state index contributed by atoms with van der Waals surface area (Å²) in [5, 5.41) is 3.17. The maximum Gasteiger partial charge on any atom is 0.170 e. The van der Waals surface area contributed by atoms with E-state index in [4.69, 9.17) is 0 Å². The molecule has 1 fully saturated rings. The number of carbonyl (C=O) groups excluding carboxylic acids is 1. The van der Waals surface area contributed by atoms with Crippen molar-refractivity contribution in [3.63, 3.8) is 0 Å². The summed E-state index contributed by atoms with van der Waals surface area (Å²) in [6.07, 6.45) is 1.85. The Kier molecular flexibility index (Phi) is 3.34. The van der Waals surface area contributed by atoms with Crippen molar-refractivity contribution in [1.82, 2.24) is 5.32 Å². The number of Topliss-reactive ketones (excluding diaryl/α,β-unsaturated/α-hetero) is 1. The van der Waals surface area contributed by atoms with Gasteiger partial charge in [0.25, 0.3) is 0 Å². The third kappa shape index (κ3) is 2.30. The minimum absolute atomic E-state index is 0.0639. The molecular formula is C13H16FNO. The zero-order valence-corrected chi connectivity index (χ0v) is 9.42. The lowest BCUT2D eigenvalue weighted by Gasteiger charge is -2.21. The van der Waals surface area contributed by atoms with Gasteiger partial charge in [-0.05, 0) is 44.0 Å². The predicted octanol–water partition coefficient (Wildman–Crippen LogP) is 2.32. The van der Waals surface area contributed by atoms with E-state index in [0.717, 1.165) is 24.9 Å². The number of halogens is 1. The van der Waals surface area contributed by atoms with Gasteiger partial charge in [-0.2, -0.15) is 0 Å². The smallest absolute Gasteiger partial charge is 0.170 e. The number of piperidine rings is 1. The molecule has 0 spiro atoms. The zero-order valence-electron chi connectivity index (χ0n) is 9.42. The van der Waals surface area contributed by atoms with Gasteiger partial charge in [0.05, 0.1) is 5.56 Å². The SMILES string of the molecule is Cc1ccc(C(=O)C2CCCNC2)c(F)c1. The summed E-state index contributed by atoms with van der Waals surface area (Å²) in [5.74, 6) is -0.522. The van der Waals surface area contributed by atoms with Crippen LogP contribution in [0.4, 0.5) is 4.39 Å². The Labute approximate surface area is 94.9 Å². The third-order valence-corrected chi connectivity index (χ3v) is 3.06. The third-order valence-electron chi connectivity index (χ3n) is 3.06. The van der Waals surface area contributed by atoms with E-state index < -0.39 is 5.82 Å². The number of nitrogens with one attached hydrogen (secondary N) is 1. The molecule has 16 heavy (non-hydrogen) atoms. The van der Waals surface area contributed by atoms with Crippen LogP contribution in [0.5, 0.6) is 0 Å². The Bertz CT molecular complexity index is 397. The number of hydrogen-bond acceptors (Lipinski definition) is 2. The molecule has 1 atom stereocenters. The minimum Gasteiger partial charge on any atom is -0.316 e. The molecule has 0 amide bonds. The molecule has 1 saturated heterocycles. The maximum atomic E-state index is 13.6. The summed E-state index contributed by atoms with van der Waals surface area (Å²) in [5.41, 5.74) is 1.08. The molecule has 2 rings (SSSR count). The van der Waals surface area contributed by atoms with Crippen LogP contribution in [0.1, 0.15) is 28.8 Å². The van der Waals surface area contributed by atoms with Crippen molar-refractivity contribution in [2.45, 2.75) is 19.8 Å². The quantitative estimate of drug-likeness (QED) is 0.776. The van der Waals surface area contributed by atoms with Gasteiger partial charge >= 0.3 is 0 Å². The molecule has 1 aliphatic heterocycles. The Hall–Kier alpha value is -1.22. The second kappa shape index (κ2) is 4.74. The molecule has 2 nitrogen and oxygen atoms in total. The van der Waals surface area contributed by atoms with Crippen molar-refractivity contribution in [3.05, 3.63) is 35.1 Å². The number of hydrogen-bond donors (Lipinski definition) is 1. The highest BCUT2D eigenvalue weighted by Crippen LogP contribution is 2.19. The normalized spacial score (nSPS) is 20.8. The molecule has 1 heterocycles. The highest BCUT2D eigenvalue weighted by atomic mass is 19.1. The van der Waals surface area contributed by atoms with Crippen LogP contribution < -0.4 is 5.32 Å². The summed E-state index contributed by atoms with van der Waals surface area (Å²) in [4.78, 5) is 12.1. The molecule has 1 aromatic carbocycles. The number of benzene rings is 1. The second-order valence-corrected chi connectivity index (χ2v) is 4.39. The summed E-state index contributed by atoms with van der Waals surface area (Å²) in [6.45, 7) is 3.45. The average Bonchev–Trinajstić information content (AvgIpc) is 2.29. The van der Waals surface area contributed by atoms with E-state index in [1.165, 1.54) is 6.07 Å². The molecular weight excluding hydrogens is 205 g/mol. The number of carbonyl (C=O) groups is 1. The summed E-state index contributed by atoms with van der Waals surface area (Å²) >= 11 is 0. The first-order valence-corrected chi connectivity index (χ1v) is 5.69. The van der Waals surface area contributed by atoms with Crippen molar-refractivity contribution in [1.29, 1.82) is 0 Å². The number of aryl methyl sites for hydroxylation is 1. The first-order valence-electron chi connectivity index (χ1n) is 5.69. The molecule has 3 heteroatoms. The monoisotopic (exact) mass is 221 g/mol. The van der Waals surface area contributed by atoms with Crippen molar-refractivity contribution in [3.8, 4) is 0 Å². The molecule has 1 aliphatic rings. The molecule has 0 aliphatic carbocycles. The van der Waals surface area contributed by atoms with Crippen molar-refractivity contribution >= 4 is 5.78 Å². The van der Waals surface area contributed by atoms with E-state index in [-0.39, 0.29) is 17.3 Å². The van der Waals surface area contributed by atoms with Crippen LogP contribution in [0.25, 0.3) is 0 Å². The lowest BCUT2D eigenvalue weighted by atomic mass is 9.90. The molecule has 0 aromatic heterocycles. The Morgan fingerprint density at radius 2 is 2.31 bits per heavy atom. The zero-order chi connectivity index (χ0) is 11.5. The second-order valence-electron chi connectivity index (χ2n) is 4.39. The van der Waals surface area contributed by atoms with E-state index in [9.17, 15) is 9.18 Å². The average molecular weight is 221 g/mol. The van der Waals surface area contributed by atoms with Crippen LogP contribution in [-0.4, -0.2) is 18.9 Å². The standard InChI is InChI=1S/C13H16FNO/c1-9-4-5-11(12(14)7-9)13(16)10-3-2-6-15-8-10/h4-5,7,10,15H,2-3,6,8H2,1H3. The van der Waals surface area contributed by atoms with E-state index in [2.05, 4.69) is 5.32 Å². The van der Waals surface area contributed by atoms with Crippen LogP contribution in [-0.2, 0) is 0 Å². The van der Waals surface area contributed by atoms with Crippen molar-refractivity contribution < 1.29 is 9.18 Å². The largest absolute Gasteiger partial charge is 0.316 e. The maximum absolute atomic E-state index is 13.6. The fraction of sp³-hybridized carbons (Fsp3) is 0.462. The van der Waals surface area contributed by atoms with Gasteiger partial charge in [-0.15, -0.1) is 0 Å². The van der Waals surface area contributed by atoms with Gasteiger partial charge in [-0.1, -0.05) is 6.07 Å².